The monoisotopic (exact) mass is 391 g/mol. The first kappa shape index (κ1) is 20.5. The molecule has 1 saturated heterocycles. The smallest absolute Gasteiger partial charge is 0.309 e. The summed E-state index contributed by atoms with van der Waals surface area (Å²) >= 11 is 0. The number of amides is 1. The maximum absolute atomic E-state index is 12.7. The Morgan fingerprint density at radius 3 is 2.50 bits per heavy atom. The van der Waals surface area contributed by atoms with E-state index in [-0.39, 0.29) is 29.8 Å². The van der Waals surface area contributed by atoms with E-state index in [1.807, 2.05) is 18.2 Å². The van der Waals surface area contributed by atoms with Crippen LogP contribution in [0.3, 0.4) is 0 Å². The normalized spacial score (nSPS) is 22.4. The summed E-state index contributed by atoms with van der Waals surface area (Å²) in [6, 6.07) is 5.78. The second kappa shape index (κ2) is 9.28. The van der Waals surface area contributed by atoms with Crippen LogP contribution in [-0.4, -0.2) is 51.8 Å². The third-order valence-corrected chi connectivity index (χ3v) is 5.55. The Kier molecular flexibility index (Phi) is 6.78. The predicted octanol–water partition coefficient (Wildman–Crippen LogP) is 0.739. The number of fused-ring (bicyclic) bond motifs is 1. The zero-order valence-electron chi connectivity index (χ0n) is 17.0. The summed E-state index contributed by atoms with van der Waals surface area (Å²) in [5.74, 6) is 1.59. The van der Waals surface area contributed by atoms with Crippen molar-refractivity contribution < 1.29 is 28.7 Å². The summed E-state index contributed by atoms with van der Waals surface area (Å²) in [7, 11) is 1.43. The van der Waals surface area contributed by atoms with Crippen molar-refractivity contribution in [2.75, 3.05) is 40.0 Å². The van der Waals surface area contributed by atoms with E-state index in [9.17, 15) is 9.59 Å². The lowest BCUT2D eigenvalue weighted by molar-refractivity contribution is -0.897. The van der Waals surface area contributed by atoms with Crippen LogP contribution in [0.1, 0.15) is 38.3 Å². The third-order valence-electron chi connectivity index (χ3n) is 5.55. The highest BCUT2D eigenvalue weighted by atomic mass is 16.6. The SMILES string of the molecule is COC(=O)C1CC[NH+](CC(=O)N[C@@H](c2ccc3c(c2)OCCO3)C(C)C)CC1. The molecule has 1 atom stereocenters. The van der Waals surface area contributed by atoms with Gasteiger partial charge in [0.25, 0.3) is 5.91 Å². The van der Waals surface area contributed by atoms with E-state index in [0.29, 0.717) is 19.8 Å². The third kappa shape index (κ3) is 4.95. The van der Waals surface area contributed by atoms with Gasteiger partial charge < -0.3 is 24.4 Å². The van der Waals surface area contributed by atoms with E-state index in [1.54, 1.807) is 0 Å². The molecule has 28 heavy (non-hydrogen) atoms. The standard InChI is InChI=1S/C21H30N2O5/c1-14(2)20(16-4-5-17-18(12-16)28-11-10-27-17)22-19(24)13-23-8-6-15(7-9-23)21(25)26-3/h4-5,12,14-15,20H,6-11,13H2,1-3H3,(H,22,24)/p+1/t20-/m1/s1. The molecule has 1 fully saturated rings. The van der Waals surface area contributed by atoms with Gasteiger partial charge in [-0.3, -0.25) is 9.59 Å². The van der Waals surface area contributed by atoms with Crippen molar-refractivity contribution >= 4 is 11.9 Å². The number of methoxy groups -OCH3 is 1. The molecule has 0 saturated carbocycles. The number of esters is 1. The van der Waals surface area contributed by atoms with E-state index >= 15 is 0 Å². The zero-order chi connectivity index (χ0) is 20.1. The van der Waals surface area contributed by atoms with Gasteiger partial charge in [0.1, 0.15) is 13.2 Å². The van der Waals surface area contributed by atoms with E-state index in [0.717, 1.165) is 43.0 Å². The second-order valence-corrected chi connectivity index (χ2v) is 7.92. The lowest BCUT2D eigenvalue weighted by Crippen LogP contribution is -3.14. The van der Waals surface area contributed by atoms with Crippen molar-refractivity contribution in [1.82, 2.24) is 5.32 Å². The number of nitrogens with one attached hydrogen (secondary N) is 2. The number of carbonyl (C=O) groups excluding carboxylic acids is 2. The molecular formula is C21H31N2O5+. The molecule has 1 aromatic carbocycles. The van der Waals surface area contributed by atoms with Gasteiger partial charge >= 0.3 is 5.97 Å². The van der Waals surface area contributed by atoms with Gasteiger partial charge in [-0.1, -0.05) is 19.9 Å². The lowest BCUT2D eigenvalue weighted by atomic mass is 9.95. The highest BCUT2D eigenvalue weighted by Crippen LogP contribution is 2.34. The Morgan fingerprint density at radius 2 is 1.86 bits per heavy atom. The van der Waals surface area contributed by atoms with Crippen molar-refractivity contribution in [3.63, 3.8) is 0 Å². The number of carbonyl (C=O) groups is 2. The molecule has 2 aliphatic rings. The molecule has 0 bridgehead atoms. The molecule has 2 heterocycles. The first-order valence-corrected chi connectivity index (χ1v) is 10.1. The lowest BCUT2D eigenvalue weighted by Gasteiger charge is -2.29. The van der Waals surface area contributed by atoms with Crippen LogP contribution in [0, 0.1) is 11.8 Å². The number of quaternary nitrogens is 1. The van der Waals surface area contributed by atoms with Crippen LogP contribution >= 0.6 is 0 Å². The van der Waals surface area contributed by atoms with Crippen molar-refractivity contribution in [3.05, 3.63) is 23.8 Å². The minimum absolute atomic E-state index is 0.0279. The fourth-order valence-corrected chi connectivity index (χ4v) is 3.95. The van der Waals surface area contributed by atoms with Gasteiger partial charge in [-0.05, 0) is 23.6 Å². The largest absolute Gasteiger partial charge is 0.486 e. The first-order chi connectivity index (χ1) is 13.5. The van der Waals surface area contributed by atoms with Gasteiger partial charge in [0.15, 0.2) is 18.0 Å². The molecule has 3 rings (SSSR count). The molecule has 2 aliphatic heterocycles. The quantitative estimate of drug-likeness (QED) is 0.700. The molecule has 154 valence electrons. The fraction of sp³-hybridized carbons (Fsp3) is 0.619. The molecule has 0 aliphatic carbocycles. The number of rotatable bonds is 6. The van der Waals surface area contributed by atoms with Gasteiger partial charge in [0.2, 0.25) is 0 Å². The molecule has 1 amide bonds. The van der Waals surface area contributed by atoms with Crippen LogP contribution in [0.5, 0.6) is 11.5 Å². The minimum Gasteiger partial charge on any atom is -0.486 e. The van der Waals surface area contributed by atoms with Crippen molar-refractivity contribution in [3.8, 4) is 11.5 Å². The number of likely N-dealkylation sites (tertiary alicyclic amines) is 1. The fourth-order valence-electron chi connectivity index (χ4n) is 3.95. The van der Waals surface area contributed by atoms with Crippen molar-refractivity contribution in [2.45, 2.75) is 32.7 Å². The summed E-state index contributed by atoms with van der Waals surface area (Å²) in [5, 5.41) is 3.18. The highest BCUT2D eigenvalue weighted by Gasteiger charge is 2.30. The van der Waals surface area contributed by atoms with Gasteiger partial charge in [-0.15, -0.1) is 0 Å². The van der Waals surface area contributed by atoms with Crippen molar-refractivity contribution in [1.29, 1.82) is 0 Å². The number of hydrogen-bond donors (Lipinski definition) is 2. The van der Waals surface area contributed by atoms with E-state index < -0.39 is 0 Å². The van der Waals surface area contributed by atoms with Gasteiger partial charge in [-0.25, -0.2) is 0 Å². The average molecular weight is 391 g/mol. The van der Waals surface area contributed by atoms with Crippen LogP contribution in [0.15, 0.2) is 18.2 Å². The summed E-state index contributed by atoms with van der Waals surface area (Å²) in [5.41, 5.74) is 1.02. The Labute approximate surface area is 166 Å². The maximum Gasteiger partial charge on any atom is 0.309 e. The molecule has 0 radical (unpaired) electrons. The Balaban J connectivity index is 1.57. The van der Waals surface area contributed by atoms with Crippen LogP contribution in [0.25, 0.3) is 0 Å². The van der Waals surface area contributed by atoms with Crippen LogP contribution in [-0.2, 0) is 14.3 Å². The predicted molar refractivity (Wildman–Crippen MR) is 103 cm³/mol. The Bertz CT molecular complexity index is 698. The summed E-state index contributed by atoms with van der Waals surface area (Å²) in [4.78, 5) is 25.5. The highest BCUT2D eigenvalue weighted by molar-refractivity contribution is 5.77. The second-order valence-electron chi connectivity index (χ2n) is 7.92. The molecule has 7 heteroatoms. The van der Waals surface area contributed by atoms with Crippen LogP contribution < -0.4 is 19.7 Å². The summed E-state index contributed by atoms with van der Waals surface area (Å²) in [6.45, 7) is 7.33. The summed E-state index contributed by atoms with van der Waals surface area (Å²) < 4.78 is 16.1. The van der Waals surface area contributed by atoms with E-state index in [4.69, 9.17) is 14.2 Å². The minimum atomic E-state index is -0.137. The molecule has 1 aromatic rings. The van der Waals surface area contributed by atoms with Gasteiger partial charge in [-0.2, -0.15) is 0 Å². The molecule has 0 aromatic heterocycles. The Morgan fingerprint density at radius 1 is 1.18 bits per heavy atom. The van der Waals surface area contributed by atoms with E-state index in [1.165, 1.54) is 12.0 Å². The maximum atomic E-state index is 12.7. The van der Waals surface area contributed by atoms with E-state index in [2.05, 4.69) is 19.2 Å². The van der Waals surface area contributed by atoms with Crippen LogP contribution in [0.2, 0.25) is 0 Å². The number of hydrogen-bond acceptors (Lipinski definition) is 5. The molecule has 7 nitrogen and oxygen atoms in total. The number of piperidine rings is 1. The average Bonchev–Trinajstić information content (AvgIpc) is 2.71. The van der Waals surface area contributed by atoms with Gasteiger partial charge in [0, 0.05) is 12.8 Å². The van der Waals surface area contributed by atoms with Gasteiger partial charge in [0.05, 0.1) is 32.2 Å². The van der Waals surface area contributed by atoms with Crippen molar-refractivity contribution in [2.24, 2.45) is 11.8 Å². The molecular weight excluding hydrogens is 360 g/mol. The van der Waals surface area contributed by atoms with Crippen LogP contribution in [0.4, 0.5) is 0 Å². The zero-order valence-corrected chi connectivity index (χ0v) is 17.0. The Hall–Kier alpha value is -2.28. The molecule has 0 unspecified atom stereocenters. The summed E-state index contributed by atoms with van der Waals surface area (Å²) in [6.07, 6.45) is 1.54. The molecule has 0 spiro atoms. The first-order valence-electron chi connectivity index (χ1n) is 10.1. The number of ether oxygens (including phenoxy) is 3. The molecule has 2 N–H and O–H groups in total. The number of benzene rings is 1. The topological polar surface area (TPSA) is 78.3 Å².